The molecule has 3 aliphatic heterocycles. The molecular formula is C29H36FN7. The van der Waals surface area contributed by atoms with Gasteiger partial charge in [-0.25, -0.2) is 9.37 Å². The SMILES string of the molecule is C=C1CCc2ccc(F)cc2C(=C)N2CCCCC2c2cc3nc(C4CNC4)cc(n3n2)N(C)CCN1. The fourth-order valence-electron chi connectivity index (χ4n) is 5.78. The Morgan fingerprint density at radius 1 is 1.03 bits per heavy atom. The van der Waals surface area contributed by atoms with Gasteiger partial charge in [-0.05, 0) is 49.8 Å². The van der Waals surface area contributed by atoms with Crippen molar-refractivity contribution in [3.05, 3.63) is 77.5 Å². The van der Waals surface area contributed by atoms with Crippen LogP contribution in [0.4, 0.5) is 10.2 Å². The van der Waals surface area contributed by atoms with Gasteiger partial charge in [-0.3, -0.25) is 0 Å². The summed E-state index contributed by atoms with van der Waals surface area (Å²) in [5, 5.41) is 12.0. The average molecular weight is 502 g/mol. The van der Waals surface area contributed by atoms with Crippen molar-refractivity contribution >= 4 is 17.2 Å². The van der Waals surface area contributed by atoms with Gasteiger partial charge in [0.05, 0.1) is 17.4 Å². The minimum Gasteiger partial charge on any atom is -0.387 e. The molecule has 6 rings (SSSR count). The van der Waals surface area contributed by atoms with Crippen LogP contribution in [0.15, 0.2) is 49.2 Å². The monoisotopic (exact) mass is 501 g/mol. The summed E-state index contributed by atoms with van der Waals surface area (Å²) in [7, 11) is 2.12. The number of rotatable bonds is 1. The second kappa shape index (κ2) is 9.82. The predicted octanol–water partition coefficient (Wildman–Crippen LogP) is 4.24. The molecule has 0 amide bonds. The summed E-state index contributed by atoms with van der Waals surface area (Å²) in [6.07, 6.45) is 4.77. The fourth-order valence-corrected chi connectivity index (χ4v) is 5.78. The quantitative estimate of drug-likeness (QED) is 0.520. The lowest BCUT2D eigenvalue weighted by Gasteiger charge is -2.38. The van der Waals surface area contributed by atoms with E-state index in [-0.39, 0.29) is 11.9 Å². The summed E-state index contributed by atoms with van der Waals surface area (Å²) in [4.78, 5) is 9.63. The summed E-state index contributed by atoms with van der Waals surface area (Å²) in [5.41, 5.74) is 6.83. The third kappa shape index (κ3) is 4.59. The van der Waals surface area contributed by atoms with Crippen molar-refractivity contribution in [1.82, 2.24) is 30.1 Å². The Kier molecular flexibility index (Phi) is 6.36. The number of fused-ring (bicyclic) bond motifs is 4. The lowest BCUT2D eigenvalue weighted by atomic mass is 9.94. The van der Waals surface area contributed by atoms with Gasteiger partial charge in [0.1, 0.15) is 11.6 Å². The number of nitrogens with one attached hydrogen (secondary N) is 2. The molecule has 5 heterocycles. The smallest absolute Gasteiger partial charge is 0.157 e. The van der Waals surface area contributed by atoms with Gasteiger partial charge in [-0.2, -0.15) is 9.61 Å². The first-order valence-corrected chi connectivity index (χ1v) is 13.5. The van der Waals surface area contributed by atoms with Gasteiger partial charge >= 0.3 is 0 Å². The van der Waals surface area contributed by atoms with Gasteiger partial charge in [0.15, 0.2) is 5.65 Å². The zero-order valence-corrected chi connectivity index (χ0v) is 21.6. The van der Waals surface area contributed by atoms with Crippen LogP contribution in [-0.2, 0) is 6.42 Å². The van der Waals surface area contributed by atoms with Crippen LogP contribution in [0.1, 0.15) is 60.2 Å². The van der Waals surface area contributed by atoms with Crippen molar-refractivity contribution < 1.29 is 4.39 Å². The zero-order chi connectivity index (χ0) is 25.5. The summed E-state index contributed by atoms with van der Waals surface area (Å²) in [6.45, 7) is 13.1. The normalized spacial score (nSPS) is 21.5. The topological polar surface area (TPSA) is 60.7 Å². The fraction of sp³-hybridized carbons (Fsp3) is 0.448. The molecule has 2 N–H and O–H groups in total. The van der Waals surface area contributed by atoms with E-state index in [4.69, 9.17) is 10.1 Å². The van der Waals surface area contributed by atoms with Gasteiger partial charge in [0.2, 0.25) is 0 Å². The average Bonchev–Trinajstić information content (AvgIpc) is 3.29. The molecule has 1 unspecified atom stereocenters. The minimum absolute atomic E-state index is 0.0792. The molecule has 0 radical (unpaired) electrons. The Balaban J connectivity index is 1.47. The molecule has 2 aromatic heterocycles. The molecule has 3 aromatic rings. The number of halogens is 1. The minimum atomic E-state index is -0.234. The van der Waals surface area contributed by atoms with E-state index in [1.54, 1.807) is 12.1 Å². The number of piperidine rings is 1. The molecule has 1 aromatic carbocycles. The summed E-state index contributed by atoms with van der Waals surface area (Å²) in [6, 6.07) is 9.51. The molecule has 2 fully saturated rings. The van der Waals surface area contributed by atoms with E-state index < -0.39 is 0 Å². The molecule has 3 aliphatic rings. The molecule has 7 nitrogen and oxygen atoms in total. The summed E-state index contributed by atoms with van der Waals surface area (Å²) in [5.74, 6) is 1.24. The Labute approximate surface area is 218 Å². The first-order chi connectivity index (χ1) is 18.0. The first kappa shape index (κ1) is 24.0. The highest BCUT2D eigenvalue weighted by molar-refractivity contribution is 5.66. The molecule has 2 bridgehead atoms. The molecule has 2 saturated heterocycles. The summed E-state index contributed by atoms with van der Waals surface area (Å²) < 4.78 is 16.5. The van der Waals surface area contributed by atoms with Crippen LogP contribution in [0.25, 0.3) is 11.3 Å². The van der Waals surface area contributed by atoms with E-state index in [1.807, 2.05) is 10.6 Å². The van der Waals surface area contributed by atoms with E-state index in [1.165, 1.54) is 0 Å². The van der Waals surface area contributed by atoms with Gasteiger partial charge in [0.25, 0.3) is 0 Å². The molecule has 37 heavy (non-hydrogen) atoms. The number of allylic oxidation sites excluding steroid dienone is 1. The van der Waals surface area contributed by atoms with Crippen LogP contribution in [0.2, 0.25) is 0 Å². The lowest BCUT2D eigenvalue weighted by Crippen LogP contribution is -2.40. The summed E-state index contributed by atoms with van der Waals surface area (Å²) >= 11 is 0. The number of hydrogen-bond acceptors (Lipinski definition) is 6. The largest absolute Gasteiger partial charge is 0.387 e. The lowest BCUT2D eigenvalue weighted by molar-refractivity contribution is 0.226. The van der Waals surface area contributed by atoms with Crippen LogP contribution in [0, 0.1) is 5.82 Å². The number of aryl methyl sites for hydroxylation is 1. The van der Waals surface area contributed by atoms with Crippen molar-refractivity contribution in [2.24, 2.45) is 0 Å². The predicted molar refractivity (Wildman–Crippen MR) is 146 cm³/mol. The molecule has 0 aliphatic carbocycles. The number of anilines is 1. The number of nitrogens with zero attached hydrogens (tertiary/aromatic N) is 5. The highest BCUT2D eigenvalue weighted by Crippen LogP contribution is 2.38. The Morgan fingerprint density at radius 2 is 1.89 bits per heavy atom. The van der Waals surface area contributed by atoms with Crippen LogP contribution >= 0.6 is 0 Å². The molecule has 194 valence electrons. The Bertz CT molecular complexity index is 1340. The van der Waals surface area contributed by atoms with Crippen molar-refractivity contribution in [3.8, 4) is 0 Å². The second-order valence-corrected chi connectivity index (χ2v) is 10.6. The van der Waals surface area contributed by atoms with Crippen LogP contribution in [0.3, 0.4) is 0 Å². The van der Waals surface area contributed by atoms with E-state index >= 15 is 0 Å². The highest BCUT2D eigenvalue weighted by Gasteiger charge is 2.30. The van der Waals surface area contributed by atoms with Gasteiger partial charge < -0.3 is 20.4 Å². The number of benzene rings is 1. The number of hydrogen-bond donors (Lipinski definition) is 2. The number of aromatic nitrogens is 3. The van der Waals surface area contributed by atoms with Crippen LogP contribution in [-0.4, -0.2) is 59.3 Å². The molecule has 1 atom stereocenters. The third-order valence-corrected chi connectivity index (χ3v) is 8.13. The van der Waals surface area contributed by atoms with Crippen molar-refractivity contribution in [3.63, 3.8) is 0 Å². The maximum absolute atomic E-state index is 14.5. The Hall–Kier alpha value is -3.39. The van der Waals surface area contributed by atoms with E-state index in [2.05, 4.69) is 52.8 Å². The first-order valence-electron chi connectivity index (χ1n) is 13.5. The van der Waals surface area contributed by atoms with Crippen LogP contribution in [0.5, 0.6) is 0 Å². The highest BCUT2D eigenvalue weighted by atomic mass is 19.1. The van der Waals surface area contributed by atoms with E-state index in [0.29, 0.717) is 5.92 Å². The standard InChI is InChI=1S/C29H36FN7/c1-19-7-8-21-9-10-23(30)14-24(21)20(2)36-12-5-4-6-27(36)26-15-28-33-25(22-17-31-18-22)16-29(37(28)34-26)35(3)13-11-32-19/h9-10,14-16,22,27,31-32H,1-2,4-8,11-13,17-18H2,3H3. The van der Waals surface area contributed by atoms with Crippen LogP contribution < -0.4 is 15.5 Å². The second-order valence-electron chi connectivity index (χ2n) is 10.6. The maximum Gasteiger partial charge on any atom is 0.157 e. The zero-order valence-electron chi connectivity index (χ0n) is 21.6. The maximum atomic E-state index is 14.5. The van der Waals surface area contributed by atoms with Crippen molar-refractivity contribution in [2.45, 2.75) is 44.1 Å². The molecule has 0 saturated carbocycles. The van der Waals surface area contributed by atoms with E-state index in [9.17, 15) is 4.39 Å². The molecular weight excluding hydrogens is 465 g/mol. The number of likely N-dealkylation sites (N-methyl/N-ethyl adjacent to an activating group) is 1. The van der Waals surface area contributed by atoms with Crippen molar-refractivity contribution in [2.75, 3.05) is 44.7 Å². The van der Waals surface area contributed by atoms with Gasteiger partial charge in [0, 0.05) is 74.8 Å². The van der Waals surface area contributed by atoms with Gasteiger partial charge in [-0.1, -0.05) is 19.2 Å². The molecule has 8 heteroatoms. The van der Waals surface area contributed by atoms with E-state index in [0.717, 1.165) is 110 Å². The molecule has 0 spiro atoms. The third-order valence-electron chi connectivity index (χ3n) is 8.13. The Morgan fingerprint density at radius 3 is 2.70 bits per heavy atom. The van der Waals surface area contributed by atoms with Gasteiger partial charge in [-0.15, -0.1) is 0 Å². The van der Waals surface area contributed by atoms with Crippen molar-refractivity contribution in [1.29, 1.82) is 0 Å².